The quantitative estimate of drug-likeness (QED) is 0.121. The van der Waals surface area contributed by atoms with Gasteiger partial charge in [0, 0.05) is 116 Å². The minimum absolute atomic E-state index is 0.00221. The molecule has 5 heterocycles. The Labute approximate surface area is 842 Å². The highest BCUT2D eigenvalue weighted by Crippen LogP contribution is 2.61. The molecule has 686 valence electrons. The lowest BCUT2D eigenvalue weighted by atomic mass is 9.55. The van der Waals surface area contributed by atoms with Crippen LogP contribution in [-0.2, 0) is 32.5 Å². The van der Waals surface area contributed by atoms with Crippen LogP contribution in [0.5, 0.6) is 0 Å². The van der Waals surface area contributed by atoms with Gasteiger partial charge in [-0.3, -0.25) is 0 Å². The fourth-order valence-electron chi connectivity index (χ4n) is 22.2. The van der Waals surface area contributed by atoms with E-state index in [0.717, 1.165) is 61.6 Å². The lowest BCUT2D eigenvalue weighted by Gasteiger charge is -2.48. The van der Waals surface area contributed by atoms with Crippen molar-refractivity contribution in [1.29, 1.82) is 0 Å². The molecule has 0 amide bonds. The minimum Gasteiger partial charge on any atom is -0.310 e. The highest BCUT2D eigenvalue weighted by molar-refractivity contribution is 7.26. The SMILES string of the molecule is CC1(C)c2ccccc2-c2c(ccc3sc4ccc(-c5cccc(-c6nc(-c7ccccc7)nc(-c7ccccc7)n6)c5)cc4c23)C1(C)C.CC1(C)c2ccccc2-c2cc3c(cc2C1(C)C)sc1ccc(N(c2ccccc2)c2ccc(-c4ccccc4)cc2)cc13.CC1(C)c2ccccc2-c2ccc3c(sc4ccc(-c5cccc(-c6nc(-c7ccccc7)nc(-c7ccccc7)n6)c5)cc43)c2C1(C)C. The van der Waals surface area contributed by atoms with Crippen LogP contribution in [0.4, 0.5) is 17.1 Å². The summed E-state index contributed by atoms with van der Waals surface area (Å²) in [6.45, 7) is 28.9. The predicted molar refractivity (Wildman–Crippen MR) is 603 cm³/mol. The largest absolute Gasteiger partial charge is 0.310 e. The average molecular weight is 1890 g/mol. The lowest BCUT2D eigenvalue weighted by molar-refractivity contribution is 0.299. The molecule has 3 aliphatic carbocycles. The first-order valence-corrected chi connectivity index (χ1v) is 51.6. The highest BCUT2D eigenvalue weighted by atomic mass is 32.1. The second kappa shape index (κ2) is 34.7. The van der Waals surface area contributed by atoms with Gasteiger partial charge in [0.05, 0.1) is 0 Å². The van der Waals surface area contributed by atoms with Gasteiger partial charge >= 0.3 is 0 Å². The van der Waals surface area contributed by atoms with Crippen LogP contribution < -0.4 is 4.90 Å². The molecule has 142 heavy (non-hydrogen) atoms. The van der Waals surface area contributed by atoms with Crippen LogP contribution in [0.3, 0.4) is 0 Å². The van der Waals surface area contributed by atoms with Crippen LogP contribution in [0, 0.1) is 0 Å². The Morgan fingerprint density at radius 2 is 0.521 bits per heavy atom. The number of rotatable bonds is 12. The summed E-state index contributed by atoms with van der Waals surface area (Å²) < 4.78 is 8.03. The van der Waals surface area contributed by atoms with Crippen LogP contribution in [-0.4, -0.2) is 29.9 Å². The summed E-state index contributed by atoms with van der Waals surface area (Å²) in [7, 11) is 0. The van der Waals surface area contributed by atoms with E-state index in [0.29, 0.717) is 34.9 Å². The van der Waals surface area contributed by atoms with Gasteiger partial charge in [0.15, 0.2) is 34.9 Å². The molecule has 10 heteroatoms. The van der Waals surface area contributed by atoms with Crippen molar-refractivity contribution in [2.75, 3.05) is 4.90 Å². The van der Waals surface area contributed by atoms with Crippen molar-refractivity contribution in [3.05, 3.63) is 452 Å². The van der Waals surface area contributed by atoms with Crippen LogP contribution >= 0.6 is 34.0 Å². The number of para-hydroxylation sites is 1. The number of anilines is 3. The van der Waals surface area contributed by atoms with Crippen molar-refractivity contribution in [3.8, 4) is 135 Å². The summed E-state index contributed by atoms with van der Waals surface area (Å²) in [4.78, 5) is 32.1. The molecule has 0 aliphatic heterocycles. The van der Waals surface area contributed by atoms with E-state index in [1.807, 2.05) is 155 Å². The second-order valence-electron chi connectivity index (χ2n) is 41.2. The van der Waals surface area contributed by atoms with Crippen molar-refractivity contribution >= 4 is 112 Å². The third-order valence-corrected chi connectivity index (χ3v) is 35.5. The maximum atomic E-state index is 4.99. The van der Waals surface area contributed by atoms with Gasteiger partial charge in [-0.05, 0) is 224 Å². The first-order valence-electron chi connectivity index (χ1n) is 49.2. The molecule has 0 saturated heterocycles. The zero-order valence-electron chi connectivity index (χ0n) is 81.7. The fraction of sp³-hybridized carbons (Fsp3) is 0.136. The number of benzene rings is 18. The zero-order chi connectivity index (χ0) is 96.7. The monoisotopic (exact) mass is 1880 g/mol. The smallest absolute Gasteiger partial charge is 0.164 e. The molecular weight excluding hydrogens is 1780 g/mol. The molecule has 23 aromatic rings. The van der Waals surface area contributed by atoms with Gasteiger partial charge < -0.3 is 4.90 Å². The molecule has 18 aromatic carbocycles. The van der Waals surface area contributed by atoms with Gasteiger partial charge in [-0.2, -0.15) is 0 Å². The fourth-order valence-corrected chi connectivity index (χ4v) is 25.8. The summed E-state index contributed by atoms with van der Waals surface area (Å²) in [6.07, 6.45) is 0. The first kappa shape index (κ1) is 89.1. The van der Waals surface area contributed by atoms with Crippen LogP contribution in [0.25, 0.3) is 196 Å². The van der Waals surface area contributed by atoms with Gasteiger partial charge in [-0.15, -0.1) is 34.0 Å². The Morgan fingerprint density at radius 3 is 1.04 bits per heavy atom. The van der Waals surface area contributed by atoms with Crippen molar-refractivity contribution in [2.45, 2.75) is 116 Å². The highest BCUT2D eigenvalue weighted by Gasteiger charge is 2.50. The Balaban J connectivity index is 0.000000115. The van der Waals surface area contributed by atoms with E-state index in [-0.39, 0.29) is 32.5 Å². The average Bonchev–Trinajstić information content (AvgIpc) is 1.32. The second-order valence-corrected chi connectivity index (χ2v) is 44.5. The number of nitrogens with zero attached hydrogens (tertiary/aromatic N) is 7. The molecule has 0 N–H and O–H groups in total. The Hall–Kier alpha value is -15.6. The summed E-state index contributed by atoms with van der Waals surface area (Å²) in [5.74, 6) is 3.98. The molecule has 0 radical (unpaired) electrons. The van der Waals surface area contributed by atoms with Gasteiger partial charge in [0.2, 0.25) is 0 Å². The third-order valence-electron chi connectivity index (χ3n) is 32.0. The molecule has 26 rings (SSSR count). The minimum atomic E-state index is -0.0457. The van der Waals surface area contributed by atoms with Crippen molar-refractivity contribution in [2.24, 2.45) is 0 Å². The Bertz CT molecular complexity index is 8770. The number of aromatic nitrogens is 6. The number of thiophene rings is 3. The Morgan fingerprint density at radius 1 is 0.183 bits per heavy atom. The van der Waals surface area contributed by atoms with Crippen LogP contribution in [0.2, 0.25) is 0 Å². The first-order chi connectivity index (χ1) is 68.9. The van der Waals surface area contributed by atoms with Crippen molar-refractivity contribution in [3.63, 3.8) is 0 Å². The molecule has 5 aromatic heterocycles. The number of hydrogen-bond acceptors (Lipinski definition) is 10. The zero-order valence-corrected chi connectivity index (χ0v) is 84.1. The predicted octanol–water partition coefficient (Wildman–Crippen LogP) is 36.7. The van der Waals surface area contributed by atoms with Gasteiger partial charge in [0.25, 0.3) is 0 Å². The number of fused-ring (bicyclic) bond motifs is 20. The van der Waals surface area contributed by atoms with E-state index >= 15 is 0 Å². The van der Waals surface area contributed by atoms with E-state index in [1.165, 1.54) is 150 Å². The van der Waals surface area contributed by atoms with E-state index in [9.17, 15) is 0 Å². The lowest BCUT2D eigenvalue weighted by Crippen LogP contribution is -2.43. The van der Waals surface area contributed by atoms with E-state index in [1.54, 1.807) is 0 Å². The summed E-state index contributed by atoms with van der Waals surface area (Å²) in [5, 5.41) is 7.95. The number of hydrogen-bond donors (Lipinski definition) is 0. The van der Waals surface area contributed by atoms with Gasteiger partial charge in [-0.1, -0.05) is 405 Å². The third kappa shape index (κ3) is 15.0. The summed E-state index contributed by atoms with van der Waals surface area (Å²) >= 11 is 5.72. The molecule has 3 aliphatic rings. The van der Waals surface area contributed by atoms with Crippen LogP contribution in [0.1, 0.15) is 116 Å². The molecule has 0 bridgehead atoms. The van der Waals surface area contributed by atoms with E-state index < -0.39 is 0 Å². The van der Waals surface area contributed by atoms with E-state index in [4.69, 9.17) is 29.9 Å². The normalized spacial score (nSPS) is 14.5. The van der Waals surface area contributed by atoms with Gasteiger partial charge in [-0.25, -0.2) is 29.9 Å². The summed E-state index contributed by atoms with van der Waals surface area (Å²) in [6, 6.07) is 150. The molecule has 0 spiro atoms. The molecule has 0 fully saturated rings. The standard InChI is InChI=1S/2C45H35N3S.C42H35NS/c1-44(2)37-21-12-11-20-33(37)34-23-24-35-36-27-31(22-25-38(36)49-40(35)39(34)45(44,3)4)30-18-13-19-32(26-30)43-47-41(28-14-7-5-8-15-28)46-42(48-43)29-16-9-6-10-17-29;1-44(2)35-21-12-11-20-33(35)39-36(45(44,3)4)23-25-38-40(39)34-27-31(22-24-37(34)49-38)30-18-13-19-32(26-30)43-47-41(28-14-7-5-8-15-28)46-42(48-43)29-16-9-6-10-17-29;1-41(2)37-18-12-11-17-33(37)34-26-36-35-25-32(23-24-39(35)44-40(36)27-38(34)42(41,3)4)43(30-15-9-6-10-16-30)31-21-19-29(20-22-31)28-13-7-5-8-14-28/h2*5-27H,1-4H3;5-27H,1-4H3. The Kier molecular flexibility index (Phi) is 21.8. The summed E-state index contributed by atoms with van der Waals surface area (Å²) in [5.41, 5.74) is 33.1. The molecular formula is C132H105N7S3. The van der Waals surface area contributed by atoms with Crippen molar-refractivity contribution in [1.82, 2.24) is 29.9 Å². The topological polar surface area (TPSA) is 80.6 Å². The van der Waals surface area contributed by atoms with Gasteiger partial charge in [0.1, 0.15) is 0 Å². The maximum Gasteiger partial charge on any atom is 0.164 e. The molecule has 0 atom stereocenters. The maximum absolute atomic E-state index is 4.99. The molecule has 0 unspecified atom stereocenters. The molecule has 7 nitrogen and oxygen atoms in total. The molecule has 0 saturated carbocycles. The van der Waals surface area contributed by atoms with Crippen molar-refractivity contribution < 1.29 is 0 Å². The van der Waals surface area contributed by atoms with Crippen LogP contribution in [0.15, 0.2) is 419 Å². The van der Waals surface area contributed by atoms with E-state index in [2.05, 4.69) is 385 Å².